The number of hydrogen-bond acceptors (Lipinski definition) is 6. The molecule has 29 heavy (non-hydrogen) atoms. The van der Waals surface area contributed by atoms with E-state index in [-0.39, 0.29) is 29.7 Å². The topological polar surface area (TPSA) is 102 Å². The first-order chi connectivity index (χ1) is 14.0. The van der Waals surface area contributed by atoms with Gasteiger partial charge in [-0.15, -0.1) is 0 Å². The van der Waals surface area contributed by atoms with Crippen molar-refractivity contribution >= 4 is 21.4 Å². The van der Waals surface area contributed by atoms with Gasteiger partial charge in [-0.2, -0.15) is 4.31 Å². The molecular weight excluding hydrogens is 394 g/mol. The summed E-state index contributed by atoms with van der Waals surface area (Å²) in [7, 11) is -3.80. The number of aryl methyl sites for hydroxylation is 1. The summed E-state index contributed by atoms with van der Waals surface area (Å²) in [6, 6.07) is 12.1. The molecule has 1 saturated heterocycles. The Bertz CT molecular complexity index is 1020. The highest BCUT2D eigenvalue weighted by molar-refractivity contribution is 7.89. The molecular formula is C20H23N3O5S. The van der Waals surface area contributed by atoms with Crippen molar-refractivity contribution in [2.45, 2.75) is 30.2 Å². The van der Waals surface area contributed by atoms with Crippen LogP contribution in [0.5, 0.6) is 0 Å². The third kappa shape index (κ3) is 3.98. The molecule has 1 heterocycles. The van der Waals surface area contributed by atoms with Crippen molar-refractivity contribution in [1.29, 1.82) is 0 Å². The van der Waals surface area contributed by atoms with E-state index in [1.165, 1.54) is 22.0 Å². The predicted octanol–water partition coefficient (Wildman–Crippen LogP) is 3.11. The molecule has 154 valence electrons. The molecule has 1 aliphatic heterocycles. The first-order valence-electron chi connectivity index (χ1n) is 9.67. The van der Waals surface area contributed by atoms with Crippen LogP contribution in [0.1, 0.15) is 30.0 Å². The zero-order valence-electron chi connectivity index (χ0n) is 15.9. The lowest BCUT2D eigenvalue weighted by Gasteiger charge is -2.28. The Hall–Kier alpha value is -2.49. The number of nitrogens with zero attached hydrogens (tertiary/aromatic N) is 2. The lowest BCUT2D eigenvalue weighted by molar-refractivity contribution is -0.384. The number of hydrogen-bond donors (Lipinski definition) is 1. The van der Waals surface area contributed by atoms with Crippen LogP contribution in [0.4, 0.5) is 11.4 Å². The van der Waals surface area contributed by atoms with Gasteiger partial charge in [-0.25, -0.2) is 8.42 Å². The molecule has 0 unspecified atom stereocenters. The molecule has 1 atom stereocenters. The Morgan fingerprint density at radius 2 is 1.90 bits per heavy atom. The minimum absolute atomic E-state index is 0.0413. The van der Waals surface area contributed by atoms with E-state index in [1.807, 2.05) is 18.2 Å². The minimum Gasteiger partial charge on any atom is -0.379 e. The summed E-state index contributed by atoms with van der Waals surface area (Å²) < 4.78 is 32.2. The van der Waals surface area contributed by atoms with Crippen molar-refractivity contribution in [3.8, 4) is 0 Å². The van der Waals surface area contributed by atoms with E-state index in [0.717, 1.165) is 30.9 Å². The molecule has 2 aromatic rings. The van der Waals surface area contributed by atoms with E-state index in [1.54, 1.807) is 0 Å². The minimum atomic E-state index is -3.80. The molecule has 0 aromatic heterocycles. The number of fused-ring (bicyclic) bond motifs is 1. The summed E-state index contributed by atoms with van der Waals surface area (Å²) in [5, 5.41) is 15.0. The number of nitrogens with one attached hydrogen (secondary N) is 1. The molecule has 0 amide bonds. The molecule has 2 aliphatic rings. The van der Waals surface area contributed by atoms with Gasteiger partial charge in [0.25, 0.3) is 5.69 Å². The SMILES string of the molecule is O=[N+]([O-])c1cc(S(=O)(=O)N2CCOCC2)ccc1N[C@@H]1CCCc2ccccc21. The zero-order chi connectivity index (χ0) is 20.4. The Morgan fingerprint density at radius 1 is 1.14 bits per heavy atom. The van der Waals surface area contributed by atoms with Crippen LogP contribution in [0, 0.1) is 10.1 Å². The maximum atomic E-state index is 12.9. The van der Waals surface area contributed by atoms with E-state index in [4.69, 9.17) is 4.74 Å². The summed E-state index contributed by atoms with van der Waals surface area (Å²) in [5.74, 6) is 0. The van der Waals surface area contributed by atoms with Crippen LogP contribution in [0.25, 0.3) is 0 Å². The van der Waals surface area contributed by atoms with Crippen molar-refractivity contribution in [2.75, 3.05) is 31.6 Å². The average Bonchev–Trinajstić information content (AvgIpc) is 2.74. The second-order valence-corrected chi connectivity index (χ2v) is 9.18. The van der Waals surface area contributed by atoms with Gasteiger partial charge in [0.2, 0.25) is 10.0 Å². The quantitative estimate of drug-likeness (QED) is 0.592. The van der Waals surface area contributed by atoms with E-state index < -0.39 is 14.9 Å². The first kappa shape index (κ1) is 19.8. The Kier molecular flexibility index (Phi) is 5.53. The summed E-state index contributed by atoms with van der Waals surface area (Å²) in [6.07, 6.45) is 2.85. The number of rotatable bonds is 5. The Balaban J connectivity index is 1.65. The van der Waals surface area contributed by atoms with E-state index in [2.05, 4.69) is 11.4 Å². The van der Waals surface area contributed by atoms with E-state index in [9.17, 15) is 18.5 Å². The van der Waals surface area contributed by atoms with Gasteiger partial charge in [0.05, 0.1) is 29.1 Å². The Labute approximate surface area is 169 Å². The third-order valence-corrected chi connectivity index (χ3v) is 7.37. The summed E-state index contributed by atoms with van der Waals surface area (Å²) in [6.45, 7) is 1.13. The van der Waals surface area contributed by atoms with Crippen LogP contribution in [-0.4, -0.2) is 43.9 Å². The fourth-order valence-corrected chi connectivity index (χ4v) is 5.40. The highest BCUT2D eigenvalue weighted by Crippen LogP contribution is 2.36. The molecule has 1 aliphatic carbocycles. The lowest BCUT2D eigenvalue weighted by atomic mass is 9.87. The fraction of sp³-hybridized carbons (Fsp3) is 0.400. The number of anilines is 1. The lowest BCUT2D eigenvalue weighted by Crippen LogP contribution is -2.40. The van der Waals surface area contributed by atoms with Crippen molar-refractivity contribution in [3.05, 3.63) is 63.7 Å². The molecule has 4 rings (SSSR count). The Morgan fingerprint density at radius 3 is 2.66 bits per heavy atom. The number of benzene rings is 2. The van der Waals surface area contributed by atoms with Gasteiger partial charge in [-0.3, -0.25) is 10.1 Å². The van der Waals surface area contributed by atoms with Crippen molar-refractivity contribution in [2.24, 2.45) is 0 Å². The van der Waals surface area contributed by atoms with Gasteiger partial charge in [-0.05, 0) is 42.5 Å². The van der Waals surface area contributed by atoms with Crippen LogP contribution in [0.2, 0.25) is 0 Å². The molecule has 0 radical (unpaired) electrons. The molecule has 1 N–H and O–H groups in total. The largest absolute Gasteiger partial charge is 0.379 e. The predicted molar refractivity (Wildman–Crippen MR) is 108 cm³/mol. The highest BCUT2D eigenvalue weighted by atomic mass is 32.2. The number of nitro groups is 1. The molecule has 8 nitrogen and oxygen atoms in total. The smallest absolute Gasteiger partial charge is 0.293 e. The summed E-state index contributed by atoms with van der Waals surface area (Å²) >= 11 is 0. The zero-order valence-corrected chi connectivity index (χ0v) is 16.7. The first-order valence-corrected chi connectivity index (χ1v) is 11.1. The van der Waals surface area contributed by atoms with Crippen molar-refractivity contribution < 1.29 is 18.1 Å². The molecule has 0 spiro atoms. The van der Waals surface area contributed by atoms with E-state index in [0.29, 0.717) is 18.9 Å². The molecule has 2 aromatic carbocycles. The number of sulfonamides is 1. The molecule has 9 heteroatoms. The van der Waals surface area contributed by atoms with Gasteiger partial charge < -0.3 is 10.1 Å². The van der Waals surface area contributed by atoms with Gasteiger partial charge in [0.1, 0.15) is 5.69 Å². The van der Waals surface area contributed by atoms with Crippen LogP contribution in [-0.2, 0) is 21.2 Å². The fourth-order valence-electron chi connectivity index (χ4n) is 3.97. The maximum absolute atomic E-state index is 12.9. The van der Waals surface area contributed by atoms with Gasteiger partial charge in [0, 0.05) is 19.2 Å². The van der Waals surface area contributed by atoms with Crippen molar-refractivity contribution in [3.63, 3.8) is 0 Å². The van der Waals surface area contributed by atoms with Gasteiger partial charge >= 0.3 is 0 Å². The summed E-state index contributed by atoms with van der Waals surface area (Å²) in [4.78, 5) is 11.1. The highest BCUT2D eigenvalue weighted by Gasteiger charge is 2.30. The molecule has 0 saturated carbocycles. The average molecular weight is 417 g/mol. The van der Waals surface area contributed by atoms with Crippen LogP contribution >= 0.6 is 0 Å². The van der Waals surface area contributed by atoms with Crippen molar-refractivity contribution in [1.82, 2.24) is 4.31 Å². The van der Waals surface area contributed by atoms with E-state index >= 15 is 0 Å². The third-order valence-electron chi connectivity index (χ3n) is 5.47. The van der Waals surface area contributed by atoms with Gasteiger partial charge in [-0.1, -0.05) is 24.3 Å². The standard InChI is InChI=1S/C20H23N3O5S/c24-23(25)20-14-16(29(26,27)22-10-12-28-13-11-22)8-9-19(20)21-18-7-3-5-15-4-1-2-6-17(15)18/h1-2,4,6,8-9,14,18,21H,3,5,7,10-13H2/t18-/m1/s1. The normalized spacial score (nSPS) is 20.1. The van der Waals surface area contributed by atoms with Crippen LogP contribution in [0.15, 0.2) is 47.4 Å². The number of ether oxygens (including phenoxy) is 1. The van der Waals surface area contributed by atoms with Crippen LogP contribution in [0.3, 0.4) is 0 Å². The molecule has 1 fully saturated rings. The second-order valence-electron chi connectivity index (χ2n) is 7.24. The number of morpholine rings is 1. The monoisotopic (exact) mass is 417 g/mol. The van der Waals surface area contributed by atoms with Gasteiger partial charge in [0.15, 0.2) is 0 Å². The maximum Gasteiger partial charge on any atom is 0.293 e. The second kappa shape index (κ2) is 8.10. The van der Waals surface area contributed by atoms with Crippen LogP contribution < -0.4 is 5.32 Å². The molecule has 0 bridgehead atoms. The number of nitro benzene ring substituents is 1. The summed E-state index contributed by atoms with van der Waals surface area (Å²) in [5.41, 5.74) is 2.48.